The molecule has 0 bridgehead atoms. The molecule has 0 saturated heterocycles. The third-order valence-electron chi connectivity index (χ3n) is 2.47. The van der Waals surface area contributed by atoms with E-state index in [1.807, 2.05) is 19.1 Å². The van der Waals surface area contributed by atoms with E-state index < -0.39 is 0 Å². The SMILES string of the molecule is COCCCCNCc1cc(OC)cc(C)n1. The van der Waals surface area contributed by atoms with Gasteiger partial charge in [-0.1, -0.05) is 0 Å². The molecule has 0 amide bonds. The van der Waals surface area contributed by atoms with E-state index in [2.05, 4.69) is 10.3 Å². The highest BCUT2D eigenvalue weighted by molar-refractivity contribution is 5.26. The first-order valence-corrected chi connectivity index (χ1v) is 5.97. The number of methoxy groups -OCH3 is 2. The Bertz CT molecular complexity index is 329. The zero-order chi connectivity index (χ0) is 12.5. The average Bonchev–Trinajstić information content (AvgIpc) is 2.33. The van der Waals surface area contributed by atoms with Crippen LogP contribution in [-0.2, 0) is 11.3 Å². The van der Waals surface area contributed by atoms with E-state index in [4.69, 9.17) is 9.47 Å². The molecule has 0 aliphatic heterocycles. The number of hydrogen-bond donors (Lipinski definition) is 1. The Kier molecular flexibility index (Phi) is 6.58. The molecule has 0 aromatic carbocycles. The van der Waals surface area contributed by atoms with Crippen LogP contribution in [-0.4, -0.2) is 32.4 Å². The fraction of sp³-hybridized carbons (Fsp3) is 0.615. The number of unbranched alkanes of at least 4 members (excludes halogenated alkanes) is 1. The van der Waals surface area contributed by atoms with E-state index in [1.54, 1.807) is 14.2 Å². The summed E-state index contributed by atoms with van der Waals surface area (Å²) in [6, 6.07) is 3.90. The van der Waals surface area contributed by atoms with Crippen molar-refractivity contribution in [2.24, 2.45) is 0 Å². The maximum atomic E-state index is 5.21. The molecule has 0 atom stereocenters. The van der Waals surface area contributed by atoms with Crippen LogP contribution in [0.2, 0.25) is 0 Å². The highest BCUT2D eigenvalue weighted by Gasteiger charge is 1.99. The molecule has 0 fully saturated rings. The molecule has 96 valence electrons. The van der Waals surface area contributed by atoms with Crippen molar-refractivity contribution < 1.29 is 9.47 Å². The number of aromatic nitrogens is 1. The van der Waals surface area contributed by atoms with E-state index in [1.165, 1.54) is 0 Å². The van der Waals surface area contributed by atoms with Crippen LogP contribution in [0.25, 0.3) is 0 Å². The van der Waals surface area contributed by atoms with Gasteiger partial charge in [0.15, 0.2) is 0 Å². The molecule has 4 heteroatoms. The molecule has 1 rings (SSSR count). The molecule has 1 N–H and O–H groups in total. The van der Waals surface area contributed by atoms with Gasteiger partial charge in [-0.15, -0.1) is 0 Å². The quantitative estimate of drug-likeness (QED) is 0.703. The number of nitrogens with zero attached hydrogens (tertiary/aromatic N) is 1. The third kappa shape index (κ3) is 5.65. The van der Waals surface area contributed by atoms with E-state index >= 15 is 0 Å². The summed E-state index contributed by atoms with van der Waals surface area (Å²) in [6.45, 7) is 4.58. The molecule has 1 heterocycles. The number of aryl methyl sites for hydroxylation is 1. The molecule has 4 nitrogen and oxygen atoms in total. The van der Waals surface area contributed by atoms with Crippen LogP contribution in [0.15, 0.2) is 12.1 Å². The van der Waals surface area contributed by atoms with Crippen LogP contribution in [0, 0.1) is 6.92 Å². The summed E-state index contributed by atoms with van der Waals surface area (Å²) in [5.41, 5.74) is 2.01. The number of hydrogen-bond acceptors (Lipinski definition) is 4. The fourth-order valence-corrected chi connectivity index (χ4v) is 1.62. The van der Waals surface area contributed by atoms with Gasteiger partial charge < -0.3 is 14.8 Å². The molecule has 0 radical (unpaired) electrons. The average molecular weight is 238 g/mol. The minimum absolute atomic E-state index is 0.783. The van der Waals surface area contributed by atoms with Gasteiger partial charge in [-0.05, 0) is 26.3 Å². The topological polar surface area (TPSA) is 43.4 Å². The van der Waals surface area contributed by atoms with Gasteiger partial charge >= 0.3 is 0 Å². The van der Waals surface area contributed by atoms with Crippen molar-refractivity contribution in [1.82, 2.24) is 10.3 Å². The molecule has 0 saturated carbocycles. The zero-order valence-electron chi connectivity index (χ0n) is 11.0. The Morgan fingerprint density at radius 1 is 1.24 bits per heavy atom. The van der Waals surface area contributed by atoms with Gasteiger partial charge in [0.1, 0.15) is 5.75 Å². The summed E-state index contributed by atoms with van der Waals surface area (Å²) in [5.74, 6) is 0.869. The summed E-state index contributed by atoms with van der Waals surface area (Å²) in [7, 11) is 3.41. The van der Waals surface area contributed by atoms with Crippen molar-refractivity contribution in [1.29, 1.82) is 0 Å². The summed E-state index contributed by atoms with van der Waals surface area (Å²) < 4.78 is 10.2. The number of pyridine rings is 1. The number of nitrogens with one attached hydrogen (secondary N) is 1. The maximum Gasteiger partial charge on any atom is 0.122 e. The highest BCUT2D eigenvalue weighted by atomic mass is 16.5. The molecule has 0 aliphatic carbocycles. The van der Waals surface area contributed by atoms with Gasteiger partial charge in [-0.3, -0.25) is 4.98 Å². The van der Waals surface area contributed by atoms with Crippen molar-refractivity contribution in [3.63, 3.8) is 0 Å². The lowest BCUT2D eigenvalue weighted by atomic mass is 10.2. The van der Waals surface area contributed by atoms with Gasteiger partial charge in [0.05, 0.1) is 12.8 Å². The largest absolute Gasteiger partial charge is 0.497 e. The van der Waals surface area contributed by atoms with Crippen molar-refractivity contribution in [3.8, 4) is 5.75 Å². The highest BCUT2D eigenvalue weighted by Crippen LogP contribution is 2.12. The smallest absolute Gasteiger partial charge is 0.122 e. The van der Waals surface area contributed by atoms with Gasteiger partial charge in [0.2, 0.25) is 0 Å². The van der Waals surface area contributed by atoms with Crippen LogP contribution in [0.3, 0.4) is 0 Å². The predicted molar refractivity (Wildman–Crippen MR) is 68.3 cm³/mol. The second-order valence-corrected chi connectivity index (χ2v) is 4.02. The standard InChI is InChI=1S/C13H22N2O2/c1-11-8-13(17-3)9-12(15-11)10-14-6-4-5-7-16-2/h8-9,14H,4-7,10H2,1-3H3. The second-order valence-electron chi connectivity index (χ2n) is 4.02. The molecular formula is C13H22N2O2. The maximum absolute atomic E-state index is 5.21. The van der Waals surface area contributed by atoms with Gasteiger partial charge in [0.25, 0.3) is 0 Å². The van der Waals surface area contributed by atoms with Gasteiger partial charge in [-0.2, -0.15) is 0 Å². The first-order valence-electron chi connectivity index (χ1n) is 5.97. The van der Waals surface area contributed by atoms with Gasteiger partial charge in [0, 0.05) is 38.1 Å². The van der Waals surface area contributed by atoms with Crippen LogP contribution in [0.5, 0.6) is 5.75 Å². The monoisotopic (exact) mass is 238 g/mol. The van der Waals surface area contributed by atoms with Crippen LogP contribution >= 0.6 is 0 Å². The third-order valence-corrected chi connectivity index (χ3v) is 2.47. The van der Waals surface area contributed by atoms with Crippen LogP contribution < -0.4 is 10.1 Å². The zero-order valence-corrected chi connectivity index (χ0v) is 11.0. The van der Waals surface area contributed by atoms with E-state index in [0.717, 1.165) is 49.7 Å². The second kappa shape index (κ2) is 8.03. The molecule has 0 unspecified atom stereocenters. The van der Waals surface area contributed by atoms with Gasteiger partial charge in [-0.25, -0.2) is 0 Å². The molecule has 0 aliphatic rings. The Morgan fingerprint density at radius 2 is 2.06 bits per heavy atom. The minimum Gasteiger partial charge on any atom is -0.497 e. The van der Waals surface area contributed by atoms with E-state index in [-0.39, 0.29) is 0 Å². The van der Waals surface area contributed by atoms with Crippen molar-refractivity contribution >= 4 is 0 Å². The molecule has 17 heavy (non-hydrogen) atoms. The Morgan fingerprint density at radius 3 is 2.76 bits per heavy atom. The summed E-state index contributed by atoms with van der Waals surface area (Å²) >= 11 is 0. The lowest BCUT2D eigenvalue weighted by Gasteiger charge is -2.07. The van der Waals surface area contributed by atoms with E-state index in [0.29, 0.717) is 0 Å². The summed E-state index contributed by atoms with van der Waals surface area (Å²) in [6.07, 6.45) is 2.21. The van der Waals surface area contributed by atoms with Crippen molar-refractivity contribution in [2.45, 2.75) is 26.3 Å². The van der Waals surface area contributed by atoms with E-state index in [9.17, 15) is 0 Å². The number of rotatable bonds is 8. The Labute approximate surface area is 103 Å². The Hall–Kier alpha value is -1.13. The lowest BCUT2D eigenvalue weighted by Crippen LogP contribution is -2.16. The van der Waals surface area contributed by atoms with Crippen molar-refractivity contribution in [2.75, 3.05) is 27.4 Å². The predicted octanol–water partition coefficient (Wildman–Crippen LogP) is 1.91. The summed E-state index contributed by atoms with van der Waals surface area (Å²) in [5, 5.41) is 3.37. The summed E-state index contributed by atoms with van der Waals surface area (Å²) in [4.78, 5) is 4.45. The first-order chi connectivity index (χ1) is 8.26. The first kappa shape index (κ1) is 13.9. The molecular weight excluding hydrogens is 216 g/mol. The van der Waals surface area contributed by atoms with Crippen LogP contribution in [0.4, 0.5) is 0 Å². The lowest BCUT2D eigenvalue weighted by molar-refractivity contribution is 0.192. The Balaban J connectivity index is 2.28. The minimum atomic E-state index is 0.783. The van der Waals surface area contributed by atoms with Crippen molar-refractivity contribution in [3.05, 3.63) is 23.5 Å². The molecule has 1 aromatic rings. The number of ether oxygens (including phenoxy) is 2. The normalized spacial score (nSPS) is 10.5. The fourth-order valence-electron chi connectivity index (χ4n) is 1.62. The van der Waals surface area contributed by atoms with Crippen LogP contribution in [0.1, 0.15) is 24.2 Å². The molecule has 0 spiro atoms. The molecule has 1 aromatic heterocycles.